The molecule has 0 bridgehead atoms. The molecule has 1 aliphatic heterocycles. The van der Waals surface area contributed by atoms with E-state index >= 15 is 0 Å². The molecule has 0 atom stereocenters. The highest BCUT2D eigenvalue weighted by Gasteiger charge is 2.53. The molecule has 4 aliphatic rings. The van der Waals surface area contributed by atoms with Crippen LogP contribution in [0, 0.1) is 0 Å². The van der Waals surface area contributed by atoms with Gasteiger partial charge in [0, 0.05) is 22.4 Å². The molecular weight excluding hydrogens is 815 g/mol. The summed E-state index contributed by atoms with van der Waals surface area (Å²) in [6.45, 7) is 4.72. The zero-order chi connectivity index (χ0) is 44.4. The van der Waals surface area contributed by atoms with Crippen LogP contribution in [0.2, 0.25) is 0 Å². The Morgan fingerprint density at radius 1 is 0.328 bits per heavy atom. The maximum absolute atomic E-state index is 7.48. The van der Waals surface area contributed by atoms with Crippen molar-refractivity contribution in [2.75, 3.05) is 4.90 Å². The third kappa shape index (κ3) is 5.28. The molecule has 0 radical (unpaired) electrons. The maximum atomic E-state index is 7.48. The van der Waals surface area contributed by atoms with Crippen molar-refractivity contribution in [1.29, 1.82) is 0 Å². The zero-order valence-corrected chi connectivity index (χ0v) is 37.1. The molecule has 67 heavy (non-hydrogen) atoms. The summed E-state index contributed by atoms with van der Waals surface area (Å²) in [5, 5.41) is 0. The predicted molar refractivity (Wildman–Crippen MR) is 272 cm³/mol. The van der Waals surface area contributed by atoms with Crippen molar-refractivity contribution in [2.24, 2.45) is 0 Å². The number of benzene rings is 10. The van der Waals surface area contributed by atoms with Gasteiger partial charge in [-0.25, -0.2) is 0 Å². The summed E-state index contributed by atoms with van der Waals surface area (Å²) < 4.78 is 14.5. The SMILES string of the molecule is CC1(C)c2cc(-c3ccccc3)ccc2-c2ccc(N(c3ccc(-c4ccccc4)cc3)c3cccc4c3Oc3c(ccc5c3-c3ccccc3C53c5ccccc5-c5ccccc53)O4)cc21. The lowest BCUT2D eigenvalue weighted by Crippen LogP contribution is -2.25. The molecule has 3 aliphatic carbocycles. The Morgan fingerprint density at radius 3 is 1.52 bits per heavy atom. The normalized spacial score (nSPS) is 14.3. The number of hydrogen-bond donors (Lipinski definition) is 0. The monoisotopic (exact) mass is 857 g/mol. The van der Waals surface area contributed by atoms with Crippen LogP contribution in [0.3, 0.4) is 0 Å². The van der Waals surface area contributed by atoms with E-state index in [1.807, 2.05) is 6.07 Å². The molecule has 10 aromatic rings. The Bertz CT molecular complexity index is 3620. The molecule has 0 fully saturated rings. The second-order valence-corrected chi connectivity index (χ2v) is 18.7. The van der Waals surface area contributed by atoms with Crippen molar-refractivity contribution in [3.8, 4) is 78.6 Å². The van der Waals surface area contributed by atoms with Crippen LogP contribution < -0.4 is 14.4 Å². The molecule has 0 unspecified atom stereocenters. The lowest BCUT2D eigenvalue weighted by atomic mass is 9.70. The largest absolute Gasteiger partial charge is 0.449 e. The molecular formula is C64H43NO2. The zero-order valence-electron chi connectivity index (χ0n) is 37.1. The van der Waals surface area contributed by atoms with Gasteiger partial charge in [-0.15, -0.1) is 0 Å². The van der Waals surface area contributed by atoms with Crippen molar-refractivity contribution in [1.82, 2.24) is 0 Å². The molecule has 1 heterocycles. The Labute approximate surface area is 390 Å². The van der Waals surface area contributed by atoms with Crippen molar-refractivity contribution in [2.45, 2.75) is 24.7 Å². The van der Waals surface area contributed by atoms with Gasteiger partial charge in [0.1, 0.15) is 0 Å². The van der Waals surface area contributed by atoms with Crippen LogP contribution in [0.25, 0.3) is 55.6 Å². The van der Waals surface area contributed by atoms with Crippen molar-refractivity contribution in [3.05, 3.63) is 258 Å². The van der Waals surface area contributed by atoms with Gasteiger partial charge in [-0.05, 0) is 132 Å². The average Bonchev–Trinajstić information content (AvgIpc) is 3.95. The molecule has 3 nitrogen and oxygen atoms in total. The summed E-state index contributed by atoms with van der Waals surface area (Å²) in [6.07, 6.45) is 0. The van der Waals surface area contributed by atoms with Crippen LogP contribution in [-0.2, 0) is 10.8 Å². The van der Waals surface area contributed by atoms with Crippen LogP contribution in [0.1, 0.15) is 47.2 Å². The molecule has 14 rings (SSSR count). The van der Waals surface area contributed by atoms with Gasteiger partial charge in [0.25, 0.3) is 0 Å². The van der Waals surface area contributed by atoms with E-state index in [-0.39, 0.29) is 5.41 Å². The Balaban J connectivity index is 0.940. The highest BCUT2D eigenvalue weighted by atomic mass is 16.6. The highest BCUT2D eigenvalue weighted by Crippen LogP contribution is 2.67. The second-order valence-electron chi connectivity index (χ2n) is 18.7. The van der Waals surface area contributed by atoms with Gasteiger partial charge < -0.3 is 14.4 Å². The third-order valence-electron chi connectivity index (χ3n) is 15.0. The molecule has 316 valence electrons. The fourth-order valence-corrected chi connectivity index (χ4v) is 11.9. The summed E-state index contributed by atoms with van der Waals surface area (Å²) in [4.78, 5) is 2.35. The predicted octanol–water partition coefficient (Wildman–Crippen LogP) is 17.0. The highest BCUT2D eigenvalue weighted by molar-refractivity contribution is 5.98. The lowest BCUT2D eigenvalue weighted by molar-refractivity contribution is 0.361. The number of rotatable bonds is 5. The van der Waals surface area contributed by atoms with Crippen molar-refractivity contribution < 1.29 is 9.47 Å². The Morgan fingerprint density at radius 2 is 0.836 bits per heavy atom. The van der Waals surface area contributed by atoms with Crippen LogP contribution in [0.4, 0.5) is 17.1 Å². The molecule has 3 heteroatoms. The van der Waals surface area contributed by atoms with E-state index in [9.17, 15) is 0 Å². The summed E-state index contributed by atoms with van der Waals surface area (Å²) in [5.74, 6) is 2.80. The van der Waals surface area contributed by atoms with Gasteiger partial charge in [0.05, 0.1) is 11.1 Å². The van der Waals surface area contributed by atoms with E-state index in [2.05, 4.69) is 237 Å². The Hall–Kier alpha value is -8.40. The molecule has 0 saturated heterocycles. The smallest absolute Gasteiger partial charge is 0.194 e. The van der Waals surface area contributed by atoms with E-state index in [1.54, 1.807) is 0 Å². The van der Waals surface area contributed by atoms with Crippen LogP contribution in [0.15, 0.2) is 224 Å². The summed E-state index contributed by atoms with van der Waals surface area (Å²) in [5.41, 5.74) is 22.0. The molecule has 0 amide bonds. The first-order chi connectivity index (χ1) is 33.0. The quantitative estimate of drug-likeness (QED) is 0.172. The van der Waals surface area contributed by atoms with E-state index in [0.717, 1.165) is 39.5 Å². The lowest BCUT2D eigenvalue weighted by Gasteiger charge is -2.33. The minimum atomic E-state index is -0.500. The van der Waals surface area contributed by atoms with Gasteiger partial charge in [-0.2, -0.15) is 0 Å². The van der Waals surface area contributed by atoms with Crippen molar-refractivity contribution >= 4 is 17.1 Å². The average molecular weight is 858 g/mol. The number of nitrogens with zero attached hydrogens (tertiary/aromatic N) is 1. The summed E-state index contributed by atoms with van der Waals surface area (Å²) in [7, 11) is 0. The van der Waals surface area contributed by atoms with Crippen LogP contribution in [-0.4, -0.2) is 0 Å². The van der Waals surface area contributed by atoms with Gasteiger partial charge in [-0.1, -0.05) is 190 Å². The molecule has 0 saturated carbocycles. The first-order valence-corrected chi connectivity index (χ1v) is 23.2. The minimum absolute atomic E-state index is 0.246. The number of anilines is 3. The first-order valence-electron chi connectivity index (χ1n) is 23.2. The molecule has 0 aromatic heterocycles. The van der Waals surface area contributed by atoms with Crippen LogP contribution in [0.5, 0.6) is 23.0 Å². The third-order valence-corrected chi connectivity index (χ3v) is 15.0. The van der Waals surface area contributed by atoms with E-state index in [1.165, 1.54) is 72.3 Å². The maximum Gasteiger partial charge on any atom is 0.194 e. The number of ether oxygens (including phenoxy) is 2. The fourth-order valence-electron chi connectivity index (χ4n) is 11.9. The van der Waals surface area contributed by atoms with Gasteiger partial charge >= 0.3 is 0 Å². The number of para-hydroxylation sites is 1. The van der Waals surface area contributed by atoms with Crippen LogP contribution >= 0.6 is 0 Å². The summed E-state index contributed by atoms with van der Waals surface area (Å²) >= 11 is 0. The number of hydrogen-bond acceptors (Lipinski definition) is 3. The molecule has 10 aromatic carbocycles. The van der Waals surface area contributed by atoms with Gasteiger partial charge in [0.15, 0.2) is 23.0 Å². The van der Waals surface area contributed by atoms with E-state index < -0.39 is 5.41 Å². The van der Waals surface area contributed by atoms with Gasteiger partial charge in [0.2, 0.25) is 0 Å². The second kappa shape index (κ2) is 14.1. The van der Waals surface area contributed by atoms with Crippen molar-refractivity contribution in [3.63, 3.8) is 0 Å². The first kappa shape index (κ1) is 37.9. The standard InChI is InChI=1S/C64H43NO2/c1-63(2)55-38-43(41-18-7-4-8-19-41)30-34-48(55)49-35-33-45(39-56(49)63)65(44-31-28-42(29-32-44)40-16-5-3-6-17-40)57-26-15-27-58-61(57)67-62-59(66-58)37-36-54-60(62)50-22-11-14-25-53(50)64(54)51-23-12-9-20-46(51)47-21-10-13-24-52(47)64/h3-39H,1-2H3. The topological polar surface area (TPSA) is 21.7 Å². The number of fused-ring (bicyclic) bond motifs is 16. The van der Waals surface area contributed by atoms with E-state index in [0.29, 0.717) is 17.2 Å². The van der Waals surface area contributed by atoms with E-state index in [4.69, 9.17) is 9.47 Å². The van der Waals surface area contributed by atoms with Gasteiger partial charge in [-0.3, -0.25) is 0 Å². The minimum Gasteiger partial charge on any atom is -0.449 e. The Kier molecular flexibility index (Phi) is 7.95. The fraction of sp³-hybridized carbons (Fsp3) is 0.0625. The molecule has 0 N–H and O–H groups in total. The molecule has 1 spiro atoms. The summed E-state index contributed by atoms with van der Waals surface area (Å²) in [6, 6.07) is 81.5.